The Kier molecular flexibility index (Phi) is 4.70. The van der Waals surface area contributed by atoms with Crippen molar-refractivity contribution in [2.24, 2.45) is 0 Å². The number of benzene rings is 2. The fourth-order valence-electron chi connectivity index (χ4n) is 2.66. The van der Waals surface area contributed by atoms with Gasteiger partial charge in [0, 0.05) is 11.1 Å². The van der Waals surface area contributed by atoms with Gasteiger partial charge in [-0.1, -0.05) is 0 Å². The molecule has 3 aromatic rings. The third-order valence-corrected chi connectivity index (χ3v) is 3.87. The van der Waals surface area contributed by atoms with E-state index < -0.39 is 5.97 Å². The van der Waals surface area contributed by atoms with Gasteiger partial charge < -0.3 is 19.1 Å². The molecule has 1 aromatic heterocycles. The van der Waals surface area contributed by atoms with Crippen molar-refractivity contribution in [1.82, 2.24) is 9.55 Å². The minimum absolute atomic E-state index is 0.162. The molecule has 25 heavy (non-hydrogen) atoms. The van der Waals surface area contributed by atoms with Crippen molar-refractivity contribution in [3.8, 4) is 34.0 Å². The Bertz CT molecular complexity index is 867. The number of imidazole rings is 1. The van der Waals surface area contributed by atoms with Crippen LogP contribution in [0.5, 0.6) is 11.5 Å². The molecule has 0 unspecified atom stereocenters. The minimum Gasteiger partial charge on any atom is -0.497 e. The number of rotatable bonds is 6. The average Bonchev–Trinajstić information content (AvgIpc) is 3.04. The molecule has 128 valence electrons. The Hall–Kier alpha value is -3.28. The third-order valence-electron chi connectivity index (χ3n) is 3.87. The number of hydrogen-bond donors (Lipinski definition) is 1. The van der Waals surface area contributed by atoms with Gasteiger partial charge in [0.05, 0.1) is 31.9 Å². The van der Waals surface area contributed by atoms with Crippen molar-refractivity contribution < 1.29 is 19.4 Å². The first-order valence-corrected chi connectivity index (χ1v) is 7.68. The van der Waals surface area contributed by atoms with E-state index >= 15 is 0 Å². The minimum atomic E-state index is -0.923. The van der Waals surface area contributed by atoms with E-state index in [1.165, 1.54) is 0 Å². The summed E-state index contributed by atoms with van der Waals surface area (Å²) in [6, 6.07) is 15.0. The molecule has 0 spiro atoms. The Morgan fingerprint density at radius 3 is 1.96 bits per heavy atom. The monoisotopic (exact) mass is 338 g/mol. The van der Waals surface area contributed by atoms with Gasteiger partial charge in [-0.25, -0.2) is 4.98 Å². The molecular formula is C19H18N2O4. The molecule has 0 fully saturated rings. The van der Waals surface area contributed by atoms with Crippen molar-refractivity contribution in [2.75, 3.05) is 14.2 Å². The van der Waals surface area contributed by atoms with Gasteiger partial charge in [-0.2, -0.15) is 0 Å². The van der Waals surface area contributed by atoms with Crippen LogP contribution < -0.4 is 9.47 Å². The zero-order valence-electron chi connectivity index (χ0n) is 14.0. The maximum atomic E-state index is 11.2. The highest BCUT2D eigenvalue weighted by Crippen LogP contribution is 2.33. The average molecular weight is 338 g/mol. The van der Waals surface area contributed by atoms with Crippen molar-refractivity contribution in [3.05, 3.63) is 54.9 Å². The van der Waals surface area contributed by atoms with Crippen molar-refractivity contribution in [3.63, 3.8) is 0 Å². The summed E-state index contributed by atoms with van der Waals surface area (Å²) in [6.45, 7) is -0.162. The zero-order valence-corrected chi connectivity index (χ0v) is 14.0. The molecule has 0 saturated carbocycles. The smallest absolute Gasteiger partial charge is 0.323 e. The molecule has 1 N–H and O–H groups in total. The lowest BCUT2D eigenvalue weighted by molar-refractivity contribution is -0.137. The fourth-order valence-corrected chi connectivity index (χ4v) is 2.66. The van der Waals surface area contributed by atoms with Crippen LogP contribution in [-0.2, 0) is 11.3 Å². The first kappa shape index (κ1) is 16.6. The standard InChI is InChI=1S/C19H18N2O4/c1-24-15-7-3-13(4-8-15)18-19(21(12-20-18)11-17(22)23)14-5-9-16(25-2)10-6-14/h3-10,12H,11H2,1-2H3,(H,22,23). The van der Waals surface area contributed by atoms with Gasteiger partial charge in [-0.05, 0) is 48.5 Å². The summed E-state index contributed by atoms with van der Waals surface area (Å²) >= 11 is 0. The summed E-state index contributed by atoms with van der Waals surface area (Å²) in [5.74, 6) is 0.562. The van der Waals surface area contributed by atoms with Crippen LogP contribution in [0.2, 0.25) is 0 Å². The molecule has 6 nitrogen and oxygen atoms in total. The summed E-state index contributed by atoms with van der Waals surface area (Å²) in [5, 5.41) is 9.18. The van der Waals surface area contributed by atoms with Gasteiger partial charge in [0.25, 0.3) is 0 Å². The maximum Gasteiger partial charge on any atom is 0.323 e. The number of carbonyl (C=O) groups is 1. The number of hydrogen-bond acceptors (Lipinski definition) is 4. The summed E-state index contributed by atoms with van der Waals surface area (Å²) < 4.78 is 12.0. The highest BCUT2D eigenvalue weighted by atomic mass is 16.5. The Morgan fingerprint density at radius 2 is 1.48 bits per heavy atom. The first-order valence-electron chi connectivity index (χ1n) is 7.68. The normalized spacial score (nSPS) is 10.5. The van der Waals surface area contributed by atoms with Gasteiger partial charge in [-0.3, -0.25) is 4.79 Å². The molecular weight excluding hydrogens is 320 g/mol. The zero-order chi connectivity index (χ0) is 17.8. The lowest BCUT2D eigenvalue weighted by Crippen LogP contribution is -2.09. The van der Waals surface area contributed by atoms with Crippen LogP contribution in [0.3, 0.4) is 0 Å². The van der Waals surface area contributed by atoms with E-state index in [4.69, 9.17) is 9.47 Å². The quantitative estimate of drug-likeness (QED) is 0.746. The van der Waals surface area contributed by atoms with E-state index in [0.29, 0.717) is 5.69 Å². The number of carboxylic acids is 1. The molecule has 6 heteroatoms. The molecule has 0 aliphatic rings. The van der Waals surface area contributed by atoms with E-state index in [0.717, 1.165) is 28.3 Å². The second-order valence-electron chi connectivity index (χ2n) is 5.42. The Labute approximate surface area is 145 Å². The molecule has 0 atom stereocenters. The number of methoxy groups -OCH3 is 2. The molecule has 3 rings (SSSR count). The lowest BCUT2D eigenvalue weighted by atomic mass is 10.0. The summed E-state index contributed by atoms with van der Waals surface area (Å²) in [5.41, 5.74) is 3.21. The number of carboxylic acid groups (broad SMARTS) is 1. The number of nitrogens with zero attached hydrogens (tertiary/aromatic N) is 2. The van der Waals surface area contributed by atoms with Crippen LogP contribution in [0.15, 0.2) is 54.9 Å². The summed E-state index contributed by atoms with van der Waals surface area (Å²) in [6.07, 6.45) is 1.55. The van der Waals surface area contributed by atoms with Crippen molar-refractivity contribution in [2.45, 2.75) is 6.54 Å². The topological polar surface area (TPSA) is 73.6 Å². The Balaban J connectivity index is 2.11. The Morgan fingerprint density at radius 1 is 0.960 bits per heavy atom. The second-order valence-corrected chi connectivity index (χ2v) is 5.42. The summed E-state index contributed by atoms with van der Waals surface area (Å²) in [7, 11) is 3.21. The van der Waals surface area contributed by atoms with E-state index in [2.05, 4.69) is 4.98 Å². The van der Waals surface area contributed by atoms with Gasteiger partial charge >= 0.3 is 5.97 Å². The van der Waals surface area contributed by atoms with Crippen LogP contribution in [0, 0.1) is 0 Å². The molecule has 0 aliphatic heterocycles. The fraction of sp³-hybridized carbons (Fsp3) is 0.158. The number of aliphatic carboxylic acids is 1. The van der Waals surface area contributed by atoms with Gasteiger partial charge in [0.15, 0.2) is 0 Å². The van der Waals surface area contributed by atoms with Crippen LogP contribution in [0.4, 0.5) is 0 Å². The molecule has 0 amide bonds. The third kappa shape index (κ3) is 3.47. The van der Waals surface area contributed by atoms with E-state index in [-0.39, 0.29) is 6.54 Å². The van der Waals surface area contributed by atoms with E-state index in [1.807, 2.05) is 48.5 Å². The maximum absolute atomic E-state index is 11.2. The highest BCUT2D eigenvalue weighted by molar-refractivity contribution is 5.80. The van der Waals surface area contributed by atoms with E-state index in [1.54, 1.807) is 25.1 Å². The van der Waals surface area contributed by atoms with Crippen molar-refractivity contribution in [1.29, 1.82) is 0 Å². The lowest BCUT2D eigenvalue weighted by Gasteiger charge is -2.10. The predicted octanol–water partition coefficient (Wildman–Crippen LogP) is 3.32. The van der Waals surface area contributed by atoms with Gasteiger partial charge in [0.1, 0.15) is 18.0 Å². The molecule has 0 bridgehead atoms. The largest absolute Gasteiger partial charge is 0.497 e. The molecule has 0 saturated heterocycles. The van der Waals surface area contributed by atoms with E-state index in [9.17, 15) is 9.90 Å². The van der Waals surface area contributed by atoms with Crippen LogP contribution >= 0.6 is 0 Å². The van der Waals surface area contributed by atoms with Crippen LogP contribution in [0.1, 0.15) is 0 Å². The van der Waals surface area contributed by atoms with Crippen molar-refractivity contribution >= 4 is 5.97 Å². The van der Waals surface area contributed by atoms with Crippen LogP contribution in [0.25, 0.3) is 22.5 Å². The molecule has 0 aliphatic carbocycles. The number of aromatic nitrogens is 2. The molecule has 1 heterocycles. The molecule has 0 radical (unpaired) electrons. The summed E-state index contributed by atoms with van der Waals surface area (Å²) in [4.78, 5) is 15.6. The first-order chi connectivity index (χ1) is 12.1. The van der Waals surface area contributed by atoms with Gasteiger partial charge in [-0.15, -0.1) is 0 Å². The van der Waals surface area contributed by atoms with Gasteiger partial charge in [0.2, 0.25) is 0 Å². The second kappa shape index (κ2) is 7.09. The SMILES string of the molecule is COc1ccc(-c2ncn(CC(=O)O)c2-c2ccc(OC)cc2)cc1. The number of ether oxygens (including phenoxy) is 2. The predicted molar refractivity (Wildman–Crippen MR) is 93.8 cm³/mol. The molecule has 2 aromatic carbocycles. The van der Waals surface area contributed by atoms with Crippen LogP contribution in [-0.4, -0.2) is 34.8 Å². The highest BCUT2D eigenvalue weighted by Gasteiger charge is 2.16.